The fourth-order valence-corrected chi connectivity index (χ4v) is 2.07. The lowest BCUT2D eigenvalue weighted by Crippen LogP contribution is -2.05. The van der Waals surface area contributed by atoms with Crippen LogP contribution in [-0.4, -0.2) is 23.4 Å². The van der Waals surface area contributed by atoms with Crippen molar-refractivity contribution in [3.05, 3.63) is 15.8 Å². The summed E-state index contributed by atoms with van der Waals surface area (Å²) in [6.07, 6.45) is 0. The van der Waals surface area contributed by atoms with Crippen LogP contribution in [0.15, 0.2) is 5.38 Å². The number of thiophene rings is 1. The Morgan fingerprint density at radius 1 is 1.67 bits per heavy atom. The average Bonchev–Trinajstić information content (AvgIpc) is 2.53. The smallest absolute Gasteiger partial charge is 0.346 e. The maximum atomic E-state index is 11.1. The van der Waals surface area contributed by atoms with Crippen molar-refractivity contribution in [2.45, 2.75) is 0 Å². The maximum Gasteiger partial charge on any atom is 0.346 e. The summed E-state index contributed by atoms with van der Waals surface area (Å²) in [6, 6.07) is 0. The number of carbonyl (C=O) groups excluding carboxylic acids is 1. The molecule has 0 aliphatic carbocycles. The predicted octanol–water partition coefficient (Wildman–Crippen LogP) is 1.05. The van der Waals surface area contributed by atoms with Gasteiger partial charge in [-0.25, -0.2) is 4.79 Å². The molecule has 1 aliphatic rings. The van der Waals surface area contributed by atoms with E-state index in [1.165, 1.54) is 0 Å². The zero-order valence-corrected chi connectivity index (χ0v) is 6.77. The molecule has 0 aromatic carbocycles. The molecule has 2 rings (SSSR count). The van der Waals surface area contributed by atoms with Gasteiger partial charge in [0.2, 0.25) is 0 Å². The van der Waals surface area contributed by atoms with Gasteiger partial charge in [0, 0.05) is 5.38 Å². The Bertz CT molecular complexity index is 369. The average molecular weight is 183 g/mol. The zero-order valence-electron chi connectivity index (χ0n) is 5.96. The minimum absolute atomic E-state index is 0.136. The Morgan fingerprint density at radius 3 is 3.08 bits per heavy atom. The number of fused-ring (bicyclic) bond motifs is 1. The lowest BCUT2D eigenvalue weighted by atomic mass is 10.2. The van der Waals surface area contributed by atoms with Crippen LogP contribution < -0.4 is 5.32 Å². The van der Waals surface area contributed by atoms with Gasteiger partial charge in [0.25, 0.3) is 0 Å². The van der Waals surface area contributed by atoms with Gasteiger partial charge >= 0.3 is 5.97 Å². The molecule has 0 atom stereocenters. The van der Waals surface area contributed by atoms with E-state index in [-0.39, 0.29) is 17.2 Å². The van der Waals surface area contributed by atoms with E-state index in [0.717, 1.165) is 11.3 Å². The summed E-state index contributed by atoms with van der Waals surface area (Å²) in [7, 11) is 0. The SMILES string of the molecule is O=C(O)c1scc2c1C(=O)CN2. The maximum absolute atomic E-state index is 11.1. The number of nitrogens with one attached hydrogen (secondary N) is 1. The first-order chi connectivity index (χ1) is 5.70. The molecule has 0 spiro atoms. The van der Waals surface area contributed by atoms with Crippen molar-refractivity contribution in [3.8, 4) is 0 Å². The highest BCUT2D eigenvalue weighted by Crippen LogP contribution is 2.31. The molecule has 12 heavy (non-hydrogen) atoms. The number of carboxylic acid groups (broad SMARTS) is 1. The summed E-state index contributed by atoms with van der Waals surface area (Å²) in [5.74, 6) is -1.16. The summed E-state index contributed by atoms with van der Waals surface area (Å²) in [5.41, 5.74) is 0.995. The zero-order chi connectivity index (χ0) is 8.72. The third kappa shape index (κ3) is 0.831. The van der Waals surface area contributed by atoms with Crippen molar-refractivity contribution in [1.82, 2.24) is 0 Å². The number of Topliss-reactive ketones (excluding diaryl/α,β-unsaturated/α-hetero) is 1. The summed E-state index contributed by atoms with van der Waals surface area (Å²) in [4.78, 5) is 21.9. The Hall–Kier alpha value is -1.36. The van der Waals surface area contributed by atoms with E-state index in [2.05, 4.69) is 5.32 Å². The van der Waals surface area contributed by atoms with E-state index >= 15 is 0 Å². The van der Waals surface area contributed by atoms with Crippen LogP contribution in [0.3, 0.4) is 0 Å². The second-order valence-corrected chi connectivity index (χ2v) is 3.32. The monoisotopic (exact) mass is 183 g/mol. The Morgan fingerprint density at radius 2 is 2.42 bits per heavy atom. The minimum atomic E-state index is -1.03. The molecule has 5 heteroatoms. The molecule has 1 aliphatic heterocycles. The lowest BCUT2D eigenvalue weighted by molar-refractivity contribution is 0.0698. The van der Waals surface area contributed by atoms with Crippen molar-refractivity contribution < 1.29 is 14.7 Å². The van der Waals surface area contributed by atoms with Gasteiger partial charge in [0.15, 0.2) is 5.78 Å². The van der Waals surface area contributed by atoms with Gasteiger partial charge in [-0.2, -0.15) is 0 Å². The van der Waals surface area contributed by atoms with E-state index in [1.54, 1.807) is 5.38 Å². The standard InChI is InChI=1S/C7H5NO3S/c9-4-1-8-3-2-12-6(5(3)4)7(10)11/h2,8H,1H2,(H,10,11). The Kier molecular flexibility index (Phi) is 1.41. The molecule has 0 saturated carbocycles. The summed E-state index contributed by atoms with van der Waals surface area (Å²) in [6.45, 7) is 0.221. The van der Waals surface area contributed by atoms with Gasteiger partial charge in [-0.1, -0.05) is 0 Å². The number of hydrogen-bond acceptors (Lipinski definition) is 4. The summed E-state index contributed by atoms with van der Waals surface area (Å²) in [5, 5.41) is 13.2. The van der Waals surface area contributed by atoms with Crippen LogP contribution in [0.4, 0.5) is 5.69 Å². The number of aromatic carboxylic acids is 1. The van der Waals surface area contributed by atoms with Crippen molar-refractivity contribution in [2.24, 2.45) is 0 Å². The van der Waals surface area contributed by atoms with Gasteiger partial charge in [-0.15, -0.1) is 11.3 Å². The topological polar surface area (TPSA) is 66.4 Å². The Balaban J connectivity index is 2.60. The lowest BCUT2D eigenvalue weighted by Gasteiger charge is -1.89. The molecule has 2 heterocycles. The molecule has 0 fully saturated rings. The van der Waals surface area contributed by atoms with Crippen molar-refractivity contribution >= 4 is 28.8 Å². The van der Waals surface area contributed by atoms with Gasteiger partial charge in [0.05, 0.1) is 17.8 Å². The molecule has 2 N–H and O–H groups in total. The highest BCUT2D eigenvalue weighted by atomic mass is 32.1. The summed E-state index contributed by atoms with van der Waals surface area (Å²) < 4.78 is 0. The van der Waals surface area contributed by atoms with Gasteiger partial charge in [-0.3, -0.25) is 4.79 Å². The highest BCUT2D eigenvalue weighted by molar-refractivity contribution is 7.13. The molecule has 0 radical (unpaired) electrons. The van der Waals surface area contributed by atoms with E-state index in [1.807, 2.05) is 0 Å². The fraction of sp³-hybridized carbons (Fsp3) is 0.143. The molecule has 0 unspecified atom stereocenters. The number of ketones is 1. The predicted molar refractivity (Wildman–Crippen MR) is 44.1 cm³/mol. The first-order valence-electron chi connectivity index (χ1n) is 3.32. The van der Waals surface area contributed by atoms with Gasteiger partial charge in [0.1, 0.15) is 4.88 Å². The molecule has 0 bridgehead atoms. The number of carbonyl (C=O) groups is 2. The highest BCUT2D eigenvalue weighted by Gasteiger charge is 2.27. The largest absolute Gasteiger partial charge is 0.477 e. The van der Waals surface area contributed by atoms with Crippen LogP contribution >= 0.6 is 11.3 Å². The first kappa shape index (κ1) is 7.30. The van der Waals surface area contributed by atoms with E-state index < -0.39 is 5.97 Å². The molecular formula is C7H5NO3S. The molecule has 1 aromatic rings. The third-order valence-electron chi connectivity index (χ3n) is 1.70. The molecule has 0 amide bonds. The van der Waals surface area contributed by atoms with Gasteiger partial charge in [-0.05, 0) is 0 Å². The number of carboxylic acids is 1. The van der Waals surface area contributed by atoms with Crippen molar-refractivity contribution in [2.75, 3.05) is 11.9 Å². The van der Waals surface area contributed by atoms with Crippen molar-refractivity contribution in [1.29, 1.82) is 0 Å². The normalized spacial score (nSPS) is 14.2. The molecular weight excluding hydrogens is 178 g/mol. The van der Waals surface area contributed by atoms with Crippen molar-refractivity contribution in [3.63, 3.8) is 0 Å². The molecule has 62 valence electrons. The second kappa shape index (κ2) is 2.31. The Labute approximate surface area is 71.8 Å². The molecule has 0 saturated heterocycles. The minimum Gasteiger partial charge on any atom is -0.477 e. The summed E-state index contributed by atoms with van der Waals surface area (Å²) >= 11 is 1.08. The first-order valence-corrected chi connectivity index (χ1v) is 4.20. The van der Waals surface area contributed by atoms with Gasteiger partial charge < -0.3 is 10.4 Å². The fourth-order valence-electron chi connectivity index (χ4n) is 1.19. The number of anilines is 1. The van der Waals surface area contributed by atoms with Crippen LogP contribution in [0.5, 0.6) is 0 Å². The van der Waals surface area contributed by atoms with Crippen LogP contribution in [0.1, 0.15) is 20.0 Å². The van der Waals surface area contributed by atoms with E-state index in [4.69, 9.17) is 5.11 Å². The number of hydrogen-bond donors (Lipinski definition) is 2. The molecule has 4 nitrogen and oxygen atoms in total. The quantitative estimate of drug-likeness (QED) is 0.683. The van der Waals surface area contributed by atoms with Crippen LogP contribution in [-0.2, 0) is 0 Å². The third-order valence-corrected chi connectivity index (χ3v) is 2.67. The van der Waals surface area contributed by atoms with Crippen LogP contribution in [0.2, 0.25) is 0 Å². The van der Waals surface area contributed by atoms with Crippen LogP contribution in [0, 0.1) is 0 Å². The van der Waals surface area contributed by atoms with E-state index in [0.29, 0.717) is 11.3 Å². The van der Waals surface area contributed by atoms with E-state index in [9.17, 15) is 9.59 Å². The second-order valence-electron chi connectivity index (χ2n) is 2.44. The van der Waals surface area contributed by atoms with Crippen LogP contribution in [0.25, 0.3) is 0 Å². The number of rotatable bonds is 1. The molecule has 1 aromatic heterocycles.